The van der Waals surface area contributed by atoms with Gasteiger partial charge in [0.2, 0.25) is 5.88 Å². The van der Waals surface area contributed by atoms with Gasteiger partial charge >= 0.3 is 0 Å². The van der Waals surface area contributed by atoms with Gasteiger partial charge in [-0.25, -0.2) is 4.39 Å². The van der Waals surface area contributed by atoms with Gasteiger partial charge in [0.05, 0.1) is 15.5 Å². The SMILES string of the molecule is O=C(NCCc1sc(NC2CCCCCC2)nc1O)c1c(F)cccc1Cl. The van der Waals surface area contributed by atoms with Crippen LogP contribution < -0.4 is 10.6 Å². The van der Waals surface area contributed by atoms with E-state index in [0.717, 1.165) is 12.8 Å². The lowest BCUT2D eigenvalue weighted by Gasteiger charge is -2.14. The lowest BCUT2D eigenvalue weighted by Crippen LogP contribution is -2.26. The molecule has 1 saturated carbocycles. The van der Waals surface area contributed by atoms with Gasteiger partial charge < -0.3 is 15.7 Å². The van der Waals surface area contributed by atoms with Crippen LogP contribution in [-0.2, 0) is 6.42 Å². The molecule has 1 aromatic carbocycles. The molecule has 5 nitrogen and oxygen atoms in total. The second-order valence-electron chi connectivity index (χ2n) is 6.70. The molecule has 0 aliphatic heterocycles. The van der Waals surface area contributed by atoms with Gasteiger partial charge in [-0.2, -0.15) is 4.98 Å². The molecule has 1 aliphatic carbocycles. The zero-order valence-corrected chi connectivity index (χ0v) is 16.5. The van der Waals surface area contributed by atoms with Crippen molar-refractivity contribution in [2.45, 2.75) is 51.0 Å². The smallest absolute Gasteiger partial charge is 0.255 e. The maximum Gasteiger partial charge on any atom is 0.255 e. The van der Waals surface area contributed by atoms with Crippen LogP contribution in [0.1, 0.15) is 53.8 Å². The number of thiazole rings is 1. The number of benzene rings is 1. The summed E-state index contributed by atoms with van der Waals surface area (Å²) in [5.41, 5.74) is -0.164. The Kier molecular flexibility index (Phi) is 6.90. The largest absolute Gasteiger partial charge is 0.492 e. The Morgan fingerprint density at radius 3 is 2.74 bits per heavy atom. The first kappa shape index (κ1) is 19.9. The first-order valence-electron chi connectivity index (χ1n) is 9.22. The highest BCUT2D eigenvalue weighted by atomic mass is 35.5. The normalized spacial score (nSPS) is 15.3. The minimum atomic E-state index is -0.657. The minimum Gasteiger partial charge on any atom is -0.492 e. The fraction of sp³-hybridized carbons (Fsp3) is 0.474. The number of aromatic nitrogens is 1. The van der Waals surface area contributed by atoms with Gasteiger partial charge in [-0.1, -0.05) is 54.7 Å². The summed E-state index contributed by atoms with van der Waals surface area (Å²) in [6, 6.07) is 4.52. The molecule has 0 atom stereocenters. The predicted molar refractivity (Wildman–Crippen MR) is 106 cm³/mol. The molecule has 0 radical (unpaired) electrons. The van der Waals surface area contributed by atoms with Crippen molar-refractivity contribution in [2.75, 3.05) is 11.9 Å². The van der Waals surface area contributed by atoms with Crippen LogP contribution in [-0.4, -0.2) is 28.6 Å². The summed E-state index contributed by atoms with van der Waals surface area (Å²) in [6.07, 6.45) is 7.63. The van der Waals surface area contributed by atoms with E-state index >= 15 is 0 Å². The Balaban J connectivity index is 1.54. The molecule has 1 aliphatic rings. The van der Waals surface area contributed by atoms with Gasteiger partial charge in [-0.3, -0.25) is 4.79 Å². The van der Waals surface area contributed by atoms with E-state index in [1.165, 1.54) is 55.2 Å². The van der Waals surface area contributed by atoms with Crippen LogP contribution in [0.3, 0.4) is 0 Å². The fourth-order valence-electron chi connectivity index (χ4n) is 3.26. The highest BCUT2D eigenvalue weighted by molar-refractivity contribution is 7.15. The Labute approximate surface area is 167 Å². The van der Waals surface area contributed by atoms with Crippen LogP contribution in [0.25, 0.3) is 0 Å². The van der Waals surface area contributed by atoms with Crippen molar-refractivity contribution in [1.29, 1.82) is 0 Å². The summed E-state index contributed by atoms with van der Waals surface area (Å²) < 4.78 is 13.8. The molecule has 2 aromatic rings. The second-order valence-corrected chi connectivity index (χ2v) is 8.19. The molecule has 0 spiro atoms. The quantitative estimate of drug-likeness (QED) is 0.600. The van der Waals surface area contributed by atoms with Gasteiger partial charge in [0, 0.05) is 19.0 Å². The summed E-state index contributed by atoms with van der Waals surface area (Å²) in [5, 5.41) is 16.9. The van der Waals surface area contributed by atoms with Crippen molar-refractivity contribution >= 4 is 34.0 Å². The van der Waals surface area contributed by atoms with Gasteiger partial charge in [0.25, 0.3) is 5.91 Å². The molecule has 27 heavy (non-hydrogen) atoms. The van der Waals surface area contributed by atoms with Gasteiger partial charge in [-0.15, -0.1) is 0 Å². The van der Waals surface area contributed by atoms with Crippen molar-refractivity contribution in [3.05, 3.63) is 39.5 Å². The lowest BCUT2D eigenvalue weighted by atomic mass is 10.1. The zero-order valence-electron chi connectivity index (χ0n) is 14.9. The highest BCUT2D eigenvalue weighted by Gasteiger charge is 2.18. The maximum absolute atomic E-state index is 13.8. The van der Waals surface area contributed by atoms with Crippen molar-refractivity contribution in [1.82, 2.24) is 10.3 Å². The monoisotopic (exact) mass is 411 g/mol. The molecule has 1 aromatic heterocycles. The summed E-state index contributed by atoms with van der Waals surface area (Å²) >= 11 is 7.29. The first-order chi connectivity index (χ1) is 13.0. The molecule has 1 amide bonds. The number of amides is 1. The number of halogens is 2. The van der Waals surface area contributed by atoms with E-state index in [9.17, 15) is 14.3 Å². The molecule has 1 heterocycles. The number of rotatable bonds is 6. The topological polar surface area (TPSA) is 74.2 Å². The predicted octanol–water partition coefficient (Wildman–Crippen LogP) is 4.75. The maximum atomic E-state index is 13.8. The second kappa shape index (κ2) is 9.37. The molecular formula is C19H23ClFN3O2S. The Hall–Kier alpha value is -1.86. The van der Waals surface area contributed by atoms with Gasteiger partial charge in [0.1, 0.15) is 5.82 Å². The third-order valence-electron chi connectivity index (χ3n) is 4.69. The van der Waals surface area contributed by atoms with Crippen LogP contribution >= 0.6 is 22.9 Å². The van der Waals surface area contributed by atoms with Crippen molar-refractivity contribution in [3.8, 4) is 5.88 Å². The molecular weight excluding hydrogens is 389 g/mol. The van der Waals surface area contributed by atoms with E-state index in [2.05, 4.69) is 15.6 Å². The average molecular weight is 412 g/mol. The van der Waals surface area contributed by atoms with Gasteiger partial charge in [-0.05, 0) is 25.0 Å². The average Bonchev–Trinajstić information content (AvgIpc) is 2.81. The number of carbonyl (C=O) groups is 1. The molecule has 8 heteroatoms. The van der Waals surface area contributed by atoms with Crippen LogP contribution in [0.2, 0.25) is 5.02 Å². The standard InChI is InChI=1S/C19H23ClFN3O2S/c20-13-8-5-9-14(21)16(13)18(26)22-11-10-15-17(25)24-19(27-15)23-12-6-3-1-2-4-7-12/h5,8-9,12,25H,1-4,6-7,10-11H2,(H,22,26)(H,23,24). The number of carbonyl (C=O) groups excluding carboxylic acids is 1. The third kappa shape index (κ3) is 5.32. The summed E-state index contributed by atoms with van der Waals surface area (Å²) in [6.45, 7) is 0.252. The van der Waals surface area contributed by atoms with Crippen LogP contribution in [0, 0.1) is 5.82 Å². The summed E-state index contributed by atoms with van der Waals surface area (Å²) in [7, 11) is 0. The molecule has 1 fully saturated rings. The van der Waals surface area contributed by atoms with Crippen molar-refractivity contribution in [2.24, 2.45) is 0 Å². The van der Waals surface area contributed by atoms with E-state index in [1.807, 2.05) is 0 Å². The molecule has 0 bridgehead atoms. The lowest BCUT2D eigenvalue weighted by molar-refractivity contribution is 0.0950. The Morgan fingerprint density at radius 2 is 2.04 bits per heavy atom. The molecule has 3 rings (SSSR count). The van der Waals surface area contributed by atoms with Crippen LogP contribution in [0.5, 0.6) is 5.88 Å². The van der Waals surface area contributed by atoms with Crippen LogP contribution in [0.4, 0.5) is 9.52 Å². The number of hydrogen-bond acceptors (Lipinski definition) is 5. The zero-order chi connectivity index (χ0) is 19.2. The minimum absolute atomic E-state index is 0.0192. The van der Waals surface area contributed by atoms with Crippen molar-refractivity contribution < 1.29 is 14.3 Å². The van der Waals surface area contributed by atoms with E-state index < -0.39 is 11.7 Å². The van der Waals surface area contributed by atoms with Gasteiger partial charge in [0.15, 0.2) is 5.13 Å². The number of nitrogens with one attached hydrogen (secondary N) is 2. The van der Waals surface area contributed by atoms with Crippen molar-refractivity contribution in [3.63, 3.8) is 0 Å². The molecule has 3 N–H and O–H groups in total. The fourth-order valence-corrected chi connectivity index (χ4v) is 4.44. The van der Waals surface area contributed by atoms with E-state index in [4.69, 9.17) is 11.6 Å². The number of aromatic hydroxyl groups is 1. The molecule has 0 unspecified atom stereocenters. The number of nitrogens with zero attached hydrogens (tertiary/aromatic N) is 1. The highest BCUT2D eigenvalue weighted by Crippen LogP contribution is 2.30. The summed E-state index contributed by atoms with van der Waals surface area (Å²) in [5.74, 6) is -1.25. The Bertz CT molecular complexity index is 771. The van der Waals surface area contributed by atoms with E-state index in [-0.39, 0.29) is 23.0 Å². The number of hydrogen-bond donors (Lipinski definition) is 3. The third-order valence-corrected chi connectivity index (χ3v) is 6.04. The Morgan fingerprint density at radius 1 is 1.30 bits per heavy atom. The van der Waals surface area contributed by atoms with E-state index in [0.29, 0.717) is 22.5 Å². The first-order valence-corrected chi connectivity index (χ1v) is 10.4. The summed E-state index contributed by atoms with van der Waals surface area (Å²) in [4.78, 5) is 17.0. The number of anilines is 1. The molecule has 146 valence electrons. The molecule has 0 saturated heterocycles. The van der Waals surface area contributed by atoms with Crippen LogP contribution in [0.15, 0.2) is 18.2 Å². The van der Waals surface area contributed by atoms with E-state index in [1.54, 1.807) is 0 Å².